The van der Waals surface area contributed by atoms with E-state index in [9.17, 15) is 4.79 Å². The van der Waals surface area contributed by atoms with Crippen LogP contribution in [0.1, 0.15) is 35.6 Å². The van der Waals surface area contributed by atoms with Crippen LogP contribution in [-0.2, 0) is 4.79 Å². The van der Waals surface area contributed by atoms with E-state index in [4.69, 9.17) is 5.11 Å². The number of benzene rings is 3. The standard InChI is InChI=1S/C28H24N2O2/c1-2-26(22-6-4-3-5-7-22)28(23-11-8-21(9-12-23)10-17-27(31)32)24-13-15-25(16-14-24)30-19-18-29-20-30/h3-20H,2H2,1H3,(H,31,32)/b17-10+,28-26+. The topological polar surface area (TPSA) is 55.1 Å². The third-order valence-corrected chi connectivity index (χ3v) is 5.35. The second kappa shape index (κ2) is 9.75. The summed E-state index contributed by atoms with van der Waals surface area (Å²) in [6, 6.07) is 26.9. The lowest BCUT2D eigenvalue weighted by Gasteiger charge is -2.17. The van der Waals surface area contributed by atoms with Crippen molar-refractivity contribution in [3.05, 3.63) is 126 Å². The summed E-state index contributed by atoms with van der Waals surface area (Å²) in [6.45, 7) is 2.17. The van der Waals surface area contributed by atoms with Crippen molar-refractivity contribution in [2.75, 3.05) is 0 Å². The molecule has 0 aliphatic carbocycles. The Morgan fingerprint density at radius 1 is 0.906 bits per heavy atom. The van der Waals surface area contributed by atoms with Crippen molar-refractivity contribution in [1.29, 1.82) is 0 Å². The van der Waals surface area contributed by atoms with Gasteiger partial charge in [-0.25, -0.2) is 9.78 Å². The van der Waals surface area contributed by atoms with Gasteiger partial charge in [-0.3, -0.25) is 0 Å². The Bertz CT molecular complexity index is 1240. The fraction of sp³-hybridized carbons (Fsp3) is 0.0714. The zero-order valence-corrected chi connectivity index (χ0v) is 17.8. The Hall–Kier alpha value is -4.18. The van der Waals surface area contributed by atoms with Crippen LogP contribution in [-0.4, -0.2) is 20.6 Å². The minimum absolute atomic E-state index is 0.851. The maximum Gasteiger partial charge on any atom is 0.328 e. The summed E-state index contributed by atoms with van der Waals surface area (Å²) in [7, 11) is 0. The first kappa shape index (κ1) is 21.1. The Morgan fingerprint density at radius 3 is 2.12 bits per heavy atom. The average molecular weight is 421 g/mol. The van der Waals surface area contributed by atoms with Gasteiger partial charge in [-0.1, -0.05) is 73.7 Å². The van der Waals surface area contributed by atoms with Gasteiger partial charge in [-0.2, -0.15) is 0 Å². The number of hydrogen-bond acceptors (Lipinski definition) is 2. The lowest BCUT2D eigenvalue weighted by molar-refractivity contribution is -0.131. The van der Waals surface area contributed by atoms with Crippen molar-refractivity contribution in [1.82, 2.24) is 9.55 Å². The lowest BCUT2D eigenvalue weighted by Crippen LogP contribution is -1.96. The van der Waals surface area contributed by atoms with Gasteiger partial charge in [0, 0.05) is 24.2 Å². The Kier molecular flexibility index (Phi) is 6.42. The van der Waals surface area contributed by atoms with E-state index in [2.05, 4.69) is 72.6 Å². The van der Waals surface area contributed by atoms with Gasteiger partial charge in [0.25, 0.3) is 0 Å². The Labute approximate surface area is 187 Å². The first-order valence-electron chi connectivity index (χ1n) is 10.5. The smallest absolute Gasteiger partial charge is 0.328 e. The molecule has 4 nitrogen and oxygen atoms in total. The molecule has 0 saturated carbocycles. The molecule has 158 valence electrons. The number of allylic oxidation sites excluding steroid dienone is 1. The maximum absolute atomic E-state index is 10.8. The molecule has 0 fully saturated rings. The van der Waals surface area contributed by atoms with Gasteiger partial charge in [0.2, 0.25) is 0 Å². The van der Waals surface area contributed by atoms with Gasteiger partial charge in [-0.05, 0) is 58.0 Å². The van der Waals surface area contributed by atoms with Crippen molar-refractivity contribution >= 4 is 23.2 Å². The Morgan fingerprint density at radius 2 is 1.56 bits per heavy atom. The number of aliphatic carboxylic acids is 1. The Balaban J connectivity index is 1.82. The van der Waals surface area contributed by atoms with Crippen LogP contribution in [0.15, 0.2) is 104 Å². The summed E-state index contributed by atoms with van der Waals surface area (Å²) >= 11 is 0. The van der Waals surface area contributed by atoms with Gasteiger partial charge < -0.3 is 9.67 Å². The average Bonchev–Trinajstić information content (AvgIpc) is 3.37. The highest BCUT2D eigenvalue weighted by Gasteiger charge is 2.13. The number of imidazole rings is 1. The second-order valence-corrected chi connectivity index (χ2v) is 7.38. The molecule has 0 atom stereocenters. The molecule has 32 heavy (non-hydrogen) atoms. The largest absolute Gasteiger partial charge is 0.478 e. The van der Waals surface area contributed by atoms with Crippen LogP contribution < -0.4 is 0 Å². The highest BCUT2D eigenvalue weighted by molar-refractivity contribution is 5.98. The molecule has 4 aromatic rings. The SMILES string of the molecule is CC/C(=C(/c1ccc(/C=C/C(=O)O)cc1)c1ccc(-n2ccnc2)cc1)c1ccccc1. The van der Waals surface area contributed by atoms with Gasteiger partial charge in [0.1, 0.15) is 0 Å². The van der Waals surface area contributed by atoms with Crippen molar-refractivity contribution in [3.63, 3.8) is 0 Å². The zero-order chi connectivity index (χ0) is 22.3. The molecule has 0 saturated heterocycles. The molecule has 1 aromatic heterocycles. The van der Waals surface area contributed by atoms with Crippen LogP contribution in [0.3, 0.4) is 0 Å². The molecular formula is C28H24N2O2. The summed E-state index contributed by atoms with van der Waals surface area (Å²) in [5, 5.41) is 8.89. The second-order valence-electron chi connectivity index (χ2n) is 7.38. The quantitative estimate of drug-likeness (QED) is 0.280. The minimum Gasteiger partial charge on any atom is -0.478 e. The molecular weight excluding hydrogens is 396 g/mol. The van der Waals surface area contributed by atoms with Crippen molar-refractivity contribution in [3.8, 4) is 5.69 Å². The molecule has 1 N–H and O–H groups in total. The first-order valence-corrected chi connectivity index (χ1v) is 10.5. The lowest BCUT2D eigenvalue weighted by atomic mass is 9.88. The van der Waals surface area contributed by atoms with Crippen LogP contribution in [0.25, 0.3) is 22.9 Å². The van der Waals surface area contributed by atoms with E-state index in [1.54, 1.807) is 18.6 Å². The predicted octanol–water partition coefficient (Wildman–Crippen LogP) is 6.34. The third-order valence-electron chi connectivity index (χ3n) is 5.35. The molecule has 0 aliphatic rings. The van der Waals surface area contributed by atoms with Crippen molar-refractivity contribution in [2.45, 2.75) is 13.3 Å². The molecule has 0 aliphatic heterocycles. The van der Waals surface area contributed by atoms with Crippen LogP contribution in [0.5, 0.6) is 0 Å². The number of rotatable bonds is 7. The predicted molar refractivity (Wildman–Crippen MR) is 129 cm³/mol. The van der Waals surface area contributed by atoms with E-state index in [1.165, 1.54) is 16.7 Å². The van der Waals surface area contributed by atoms with E-state index in [1.807, 2.05) is 29.0 Å². The van der Waals surface area contributed by atoms with Crippen LogP contribution >= 0.6 is 0 Å². The summed E-state index contributed by atoms with van der Waals surface area (Å²) in [4.78, 5) is 15.0. The van der Waals surface area contributed by atoms with E-state index in [0.29, 0.717) is 0 Å². The fourth-order valence-electron chi connectivity index (χ4n) is 3.82. The number of aromatic nitrogens is 2. The van der Waals surface area contributed by atoms with E-state index in [0.717, 1.165) is 34.9 Å². The highest BCUT2D eigenvalue weighted by Crippen LogP contribution is 2.34. The number of carboxylic acids is 1. The highest BCUT2D eigenvalue weighted by atomic mass is 16.4. The number of carbonyl (C=O) groups is 1. The summed E-state index contributed by atoms with van der Waals surface area (Å²) in [6.07, 6.45) is 9.12. The van der Waals surface area contributed by atoms with E-state index >= 15 is 0 Å². The maximum atomic E-state index is 10.8. The fourth-order valence-corrected chi connectivity index (χ4v) is 3.82. The molecule has 0 amide bonds. The number of carboxylic acid groups (broad SMARTS) is 1. The summed E-state index contributed by atoms with van der Waals surface area (Å²) in [5.74, 6) is -0.954. The molecule has 4 rings (SSSR count). The third kappa shape index (κ3) is 4.76. The first-order chi connectivity index (χ1) is 15.7. The summed E-state index contributed by atoms with van der Waals surface area (Å²) in [5.41, 5.74) is 7.75. The van der Waals surface area contributed by atoms with Crippen LogP contribution in [0, 0.1) is 0 Å². The molecule has 0 spiro atoms. The molecule has 3 aromatic carbocycles. The number of hydrogen-bond donors (Lipinski definition) is 1. The van der Waals surface area contributed by atoms with Crippen molar-refractivity contribution < 1.29 is 9.90 Å². The monoisotopic (exact) mass is 420 g/mol. The minimum atomic E-state index is -0.954. The molecule has 0 unspecified atom stereocenters. The van der Waals surface area contributed by atoms with Gasteiger partial charge in [-0.15, -0.1) is 0 Å². The van der Waals surface area contributed by atoms with Crippen LogP contribution in [0.2, 0.25) is 0 Å². The zero-order valence-electron chi connectivity index (χ0n) is 17.8. The molecule has 0 bridgehead atoms. The van der Waals surface area contributed by atoms with E-state index < -0.39 is 5.97 Å². The van der Waals surface area contributed by atoms with Gasteiger partial charge in [0.15, 0.2) is 0 Å². The van der Waals surface area contributed by atoms with E-state index in [-0.39, 0.29) is 0 Å². The normalized spacial score (nSPS) is 12.0. The molecule has 4 heteroatoms. The number of nitrogens with zero attached hydrogens (tertiary/aromatic N) is 2. The van der Waals surface area contributed by atoms with Crippen molar-refractivity contribution in [2.24, 2.45) is 0 Å². The summed E-state index contributed by atoms with van der Waals surface area (Å²) < 4.78 is 1.98. The van der Waals surface area contributed by atoms with Gasteiger partial charge >= 0.3 is 5.97 Å². The molecule has 1 heterocycles. The molecule has 0 radical (unpaired) electrons. The van der Waals surface area contributed by atoms with Gasteiger partial charge in [0.05, 0.1) is 6.33 Å². The van der Waals surface area contributed by atoms with Crippen LogP contribution in [0.4, 0.5) is 0 Å².